The number of hydrogen-bond donors (Lipinski definition) is 4. The van der Waals surface area contributed by atoms with E-state index in [1.165, 1.54) is 0 Å². The summed E-state index contributed by atoms with van der Waals surface area (Å²) in [4.78, 5) is 19.5. The molecule has 0 saturated heterocycles. The zero-order chi connectivity index (χ0) is 14.3. The molecule has 0 aromatic carbocycles. The second-order valence-electron chi connectivity index (χ2n) is 3.48. The Bertz CT molecular complexity index is 385. The Balaban J connectivity index is 0.000000327. The van der Waals surface area contributed by atoms with Crippen LogP contribution in [0.15, 0.2) is 18.7 Å². The number of carboxylic acids is 2. The van der Waals surface area contributed by atoms with Crippen molar-refractivity contribution in [2.45, 2.75) is 25.7 Å². The molecule has 0 saturated carbocycles. The van der Waals surface area contributed by atoms with Gasteiger partial charge < -0.3 is 20.4 Å². The van der Waals surface area contributed by atoms with Gasteiger partial charge in [0.2, 0.25) is 6.33 Å². The molecule has 1 aromatic heterocycles. The predicted octanol–water partition coefficient (Wildman–Crippen LogP) is -1.79. The molecule has 1 heterocycles. The minimum absolute atomic E-state index is 1.06. The summed E-state index contributed by atoms with van der Waals surface area (Å²) in [5, 5.41) is 32.5. The van der Waals surface area contributed by atoms with Crippen molar-refractivity contribution in [3.05, 3.63) is 18.7 Å². The first kappa shape index (κ1) is 16.1. The fourth-order valence-corrected chi connectivity index (χ4v) is 0.959. The summed E-state index contributed by atoms with van der Waals surface area (Å²) < 4.78 is 4.16. The van der Waals surface area contributed by atoms with Gasteiger partial charge in [0.15, 0.2) is 12.2 Å². The van der Waals surface area contributed by atoms with Crippen molar-refractivity contribution in [3.8, 4) is 0 Å². The maximum absolute atomic E-state index is 9.77. The van der Waals surface area contributed by atoms with Gasteiger partial charge >= 0.3 is 11.9 Å². The van der Waals surface area contributed by atoms with Crippen LogP contribution in [0.25, 0.3) is 0 Å². The van der Waals surface area contributed by atoms with Crippen LogP contribution >= 0.6 is 0 Å². The highest BCUT2D eigenvalue weighted by Gasteiger charge is 2.29. The SMILES string of the molecule is CCn1cc[n+](C)c1.O=C(O)C(O)C(O)C(=O)O. The second kappa shape index (κ2) is 7.41. The van der Waals surface area contributed by atoms with Gasteiger partial charge in [-0.25, -0.2) is 18.7 Å². The van der Waals surface area contributed by atoms with E-state index in [2.05, 4.69) is 24.0 Å². The normalized spacial score (nSPS) is 13.1. The van der Waals surface area contributed by atoms with Crippen molar-refractivity contribution >= 4 is 11.9 Å². The minimum atomic E-state index is -2.27. The third kappa shape index (κ3) is 5.41. The van der Waals surface area contributed by atoms with Crippen LogP contribution in [0.4, 0.5) is 0 Å². The van der Waals surface area contributed by atoms with Gasteiger partial charge in [0.1, 0.15) is 12.4 Å². The first-order chi connectivity index (χ1) is 8.29. The maximum atomic E-state index is 9.77. The summed E-state index contributed by atoms with van der Waals surface area (Å²) in [6, 6.07) is 0. The first-order valence-corrected chi connectivity index (χ1v) is 5.12. The van der Waals surface area contributed by atoms with Gasteiger partial charge in [0, 0.05) is 0 Å². The van der Waals surface area contributed by atoms with Crippen molar-refractivity contribution in [3.63, 3.8) is 0 Å². The Hall–Kier alpha value is -1.93. The lowest BCUT2D eigenvalue weighted by molar-refractivity contribution is -0.671. The van der Waals surface area contributed by atoms with E-state index in [0.717, 1.165) is 6.54 Å². The molecule has 0 aliphatic carbocycles. The maximum Gasteiger partial charge on any atom is 0.335 e. The zero-order valence-corrected chi connectivity index (χ0v) is 10.1. The molecule has 1 rings (SSSR count). The third-order valence-corrected chi connectivity index (χ3v) is 1.99. The van der Waals surface area contributed by atoms with E-state index in [1.54, 1.807) is 0 Å². The Morgan fingerprint density at radius 3 is 1.83 bits per heavy atom. The largest absolute Gasteiger partial charge is 0.479 e. The lowest BCUT2D eigenvalue weighted by Gasteiger charge is -2.07. The average molecular weight is 261 g/mol. The predicted molar refractivity (Wildman–Crippen MR) is 58.6 cm³/mol. The molecule has 0 aliphatic rings. The summed E-state index contributed by atoms with van der Waals surface area (Å²) >= 11 is 0. The molecular weight excluding hydrogens is 244 g/mol. The van der Waals surface area contributed by atoms with Crippen molar-refractivity contribution in [1.82, 2.24) is 4.57 Å². The van der Waals surface area contributed by atoms with Crippen molar-refractivity contribution < 1.29 is 34.6 Å². The monoisotopic (exact) mass is 261 g/mol. The number of aryl methyl sites for hydroxylation is 2. The van der Waals surface area contributed by atoms with Gasteiger partial charge in [-0.1, -0.05) is 0 Å². The Morgan fingerprint density at radius 2 is 1.67 bits per heavy atom. The molecule has 8 nitrogen and oxygen atoms in total. The number of nitrogens with zero attached hydrogens (tertiary/aromatic N) is 2. The van der Waals surface area contributed by atoms with E-state index in [-0.39, 0.29) is 0 Å². The molecule has 0 bridgehead atoms. The van der Waals surface area contributed by atoms with E-state index >= 15 is 0 Å². The Kier molecular flexibility index (Phi) is 6.61. The number of aliphatic carboxylic acids is 2. The number of carboxylic acid groups (broad SMARTS) is 2. The molecule has 0 spiro atoms. The molecule has 1 aromatic rings. The summed E-state index contributed by atoms with van der Waals surface area (Å²) in [5.41, 5.74) is 0. The molecule has 4 N–H and O–H groups in total. The van der Waals surface area contributed by atoms with E-state index in [9.17, 15) is 9.59 Å². The van der Waals surface area contributed by atoms with E-state index < -0.39 is 24.1 Å². The number of hydrogen-bond acceptors (Lipinski definition) is 4. The first-order valence-electron chi connectivity index (χ1n) is 5.12. The van der Waals surface area contributed by atoms with Crippen LogP contribution in [0.5, 0.6) is 0 Å². The molecule has 0 aliphatic heterocycles. The summed E-state index contributed by atoms with van der Waals surface area (Å²) in [5.74, 6) is -3.54. The number of aromatic nitrogens is 2. The van der Waals surface area contributed by atoms with Crippen LogP contribution in [0.3, 0.4) is 0 Å². The van der Waals surface area contributed by atoms with Crippen LogP contribution in [0.1, 0.15) is 6.92 Å². The van der Waals surface area contributed by atoms with Crippen molar-refractivity contribution in [2.75, 3.05) is 0 Å². The molecular formula is C10H17N2O6+. The smallest absolute Gasteiger partial charge is 0.335 e. The fourth-order valence-electron chi connectivity index (χ4n) is 0.959. The number of imidazole rings is 1. The van der Waals surface area contributed by atoms with Gasteiger partial charge in [0.05, 0.1) is 13.6 Å². The van der Waals surface area contributed by atoms with Crippen molar-refractivity contribution in [1.29, 1.82) is 0 Å². The van der Waals surface area contributed by atoms with E-state index in [1.807, 2.05) is 17.8 Å². The second-order valence-corrected chi connectivity index (χ2v) is 3.48. The molecule has 2 unspecified atom stereocenters. The summed E-state index contributed by atoms with van der Waals surface area (Å²) in [7, 11) is 2.02. The molecule has 8 heteroatoms. The number of aliphatic hydroxyl groups is 2. The lowest BCUT2D eigenvalue weighted by Crippen LogP contribution is -2.39. The third-order valence-electron chi connectivity index (χ3n) is 1.99. The molecule has 18 heavy (non-hydrogen) atoms. The highest BCUT2D eigenvalue weighted by molar-refractivity contribution is 5.83. The van der Waals surface area contributed by atoms with Gasteiger partial charge in [-0.3, -0.25) is 0 Å². The zero-order valence-electron chi connectivity index (χ0n) is 10.1. The van der Waals surface area contributed by atoms with Gasteiger partial charge in [-0.05, 0) is 6.92 Å². The molecule has 0 amide bonds. The van der Waals surface area contributed by atoms with Gasteiger partial charge in [-0.15, -0.1) is 0 Å². The highest BCUT2D eigenvalue weighted by Crippen LogP contribution is 1.92. The Labute approximate surface area is 103 Å². The molecule has 102 valence electrons. The van der Waals surface area contributed by atoms with E-state index in [0.29, 0.717) is 0 Å². The average Bonchev–Trinajstić information content (AvgIpc) is 2.73. The van der Waals surface area contributed by atoms with Gasteiger partial charge in [-0.2, -0.15) is 0 Å². The molecule has 0 fully saturated rings. The number of aliphatic hydroxyl groups excluding tert-OH is 2. The highest BCUT2D eigenvalue weighted by atomic mass is 16.4. The standard InChI is InChI=1S/C6H11N2.C4H6O6/c1-3-8-5-4-7(2)6-8;5-1(3(7)8)2(6)4(9)10/h4-6H,3H2,1-2H3;1-2,5-6H,(H,7,8)(H,9,10)/q+1;. The number of carbonyl (C=O) groups is 2. The lowest BCUT2D eigenvalue weighted by atomic mass is 10.2. The van der Waals surface area contributed by atoms with Crippen LogP contribution in [-0.2, 0) is 23.2 Å². The van der Waals surface area contributed by atoms with E-state index in [4.69, 9.17) is 20.4 Å². The van der Waals surface area contributed by atoms with Crippen LogP contribution in [0.2, 0.25) is 0 Å². The van der Waals surface area contributed by atoms with Crippen LogP contribution in [-0.4, -0.2) is 49.1 Å². The number of rotatable bonds is 4. The summed E-state index contributed by atoms with van der Waals surface area (Å²) in [6.07, 6.45) is 1.61. The summed E-state index contributed by atoms with van der Waals surface area (Å²) in [6.45, 7) is 3.18. The fraction of sp³-hybridized carbons (Fsp3) is 0.500. The Morgan fingerprint density at radius 1 is 1.22 bits per heavy atom. The van der Waals surface area contributed by atoms with Crippen molar-refractivity contribution in [2.24, 2.45) is 7.05 Å². The van der Waals surface area contributed by atoms with Gasteiger partial charge in [0.25, 0.3) is 0 Å². The quantitative estimate of drug-likeness (QED) is 0.474. The van der Waals surface area contributed by atoms with Crippen LogP contribution in [0, 0.1) is 0 Å². The topological polar surface area (TPSA) is 124 Å². The minimum Gasteiger partial charge on any atom is -0.479 e. The molecule has 0 radical (unpaired) electrons. The van der Waals surface area contributed by atoms with Crippen LogP contribution < -0.4 is 4.57 Å². The molecule has 2 atom stereocenters.